The fourth-order valence-electron chi connectivity index (χ4n) is 2.87. The lowest BCUT2D eigenvalue weighted by Crippen LogP contribution is -2.25. The van der Waals surface area contributed by atoms with E-state index in [1.807, 2.05) is 18.2 Å². The summed E-state index contributed by atoms with van der Waals surface area (Å²) < 4.78 is 0. The Morgan fingerprint density at radius 3 is 2.43 bits per heavy atom. The van der Waals surface area contributed by atoms with Crippen molar-refractivity contribution in [3.63, 3.8) is 0 Å². The Hall–Kier alpha value is -1.84. The maximum atomic E-state index is 9.07. The zero-order valence-electron chi connectivity index (χ0n) is 12.2. The molecule has 1 fully saturated rings. The Morgan fingerprint density at radius 2 is 1.71 bits per heavy atom. The van der Waals surface area contributed by atoms with E-state index in [-0.39, 0.29) is 6.61 Å². The van der Waals surface area contributed by atoms with Crippen LogP contribution < -0.4 is 5.32 Å². The molecule has 1 saturated heterocycles. The number of aliphatic hydroxyl groups excluding tert-OH is 1. The van der Waals surface area contributed by atoms with Crippen LogP contribution in [-0.4, -0.2) is 29.1 Å². The highest BCUT2D eigenvalue weighted by atomic mass is 16.3. The van der Waals surface area contributed by atoms with Crippen LogP contribution in [0.25, 0.3) is 0 Å². The molecule has 0 saturated carbocycles. The molecule has 2 N–H and O–H groups in total. The van der Waals surface area contributed by atoms with E-state index in [0.29, 0.717) is 6.04 Å². The van der Waals surface area contributed by atoms with Gasteiger partial charge in [0.25, 0.3) is 0 Å². The largest absolute Gasteiger partial charge is 0.392 e. The van der Waals surface area contributed by atoms with Crippen LogP contribution in [0.1, 0.15) is 17.5 Å². The van der Waals surface area contributed by atoms with Crippen LogP contribution in [0.5, 0.6) is 0 Å². The molecule has 2 aromatic rings. The summed E-state index contributed by atoms with van der Waals surface area (Å²) >= 11 is 0. The van der Waals surface area contributed by atoms with Gasteiger partial charge in [-0.3, -0.25) is 4.90 Å². The molecule has 0 bridgehead atoms. The van der Waals surface area contributed by atoms with E-state index >= 15 is 0 Å². The molecule has 21 heavy (non-hydrogen) atoms. The molecule has 0 radical (unpaired) electrons. The fraction of sp³-hybridized carbons (Fsp3) is 0.333. The van der Waals surface area contributed by atoms with Crippen LogP contribution in [0.3, 0.4) is 0 Å². The summed E-state index contributed by atoms with van der Waals surface area (Å²) in [5.74, 6) is 0. The van der Waals surface area contributed by atoms with Crippen LogP contribution in [-0.2, 0) is 13.2 Å². The third-order valence-electron chi connectivity index (χ3n) is 4.03. The van der Waals surface area contributed by atoms with Crippen LogP contribution in [0.4, 0.5) is 5.69 Å². The Morgan fingerprint density at radius 1 is 1.00 bits per heavy atom. The molecule has 3 rings (SSSR count). The SMILES string of the molecule is OCc1ccc(CN2CCC(Nc3ccccc3)C2)cc1. The number of benzene rings is 2. The second-order valence-corrected chi connectivity index (χ2v) is 5.71. The van der Waals surface area contributed by atoms with Gasteiger partial charge in [0.2, 0.25) is 0 Å². The second-order valence-electron chi connectivity index (χ2n) is 5.71. The first kappa shape index (κ1) is 14.1. The van der Waals surface area contributed by atoms with E-state index in [1.54, 1.807) is 0 Å². The zero-order valence-corrected chi connectivity index (χ0v) is 12.2. The minimum absolute atomic E-state index is 0.118. The smallest absolute Gasteiger partial charge is 0.0681 e. The van der Waals surface area contributed by atoms with Gasteiger partial charge < -0.3 is 10.4 Å². The van der Waals surface area contributed by atoms with Crippen LogP contribution in [0.2, 0.25) is 0 Å². The van der Waals surface area contributed by atoms with Crippen molar-refractivity contribution >= 4 is 5.69 Å². The van der Waals surface area contributed by atoms with Crippen molar-refractivity contribution in [2.24, 2.45) is 0 Å². The van der Waals surface area contributed by atoms with Gasteiger partial charge in [-0.2, -0.15) is 0 Å². The third-order valence-corrected chi connectivity index (χ3v) is 4.03. The fourth-order valence-corrected chi connectivity index (χ4v) is 2.87. The van der Waals surface area contributed by atoms with E-state index in [2.05, 4.69) is 46.6 Å². The Balaban J connectivity index is 1.52. The van der Waals surface area contributed by atoms with E-state index in [0.717, 1.165) is 25.2 Å². The molecule has 0 aliphatic carbocycles. The van der Waals surface area contributed by atoms with Crippen molar-refractivity contribution in [3.8, 4) is 0 Å². The summed E-state index contributed by atoms with van der Waals surface area (Å²) in [6.45, 7) is 3.31. The highest BCUT2D eigenvalue weighted by molar-refractivity contribution is 5.43. The Kier molecular flexibility index (Phi) is 4.53. The summed E-state index contributed by atoms with van der Waals surface area (Å²) in [7, 11) is 0. The Bertz CT molecular complexity index is 553. The summed E-state index contributed by atoms with van der Waals surface area (Å²) in [6, 6.07) is 19.2. The van der Waals surface area contributed by atoms with Crippen molar-refractivity contribution < 1.29 is 5.11 Å². The lowest BCUT2D eigenvalue weighted by atomic mass is 10.1. The first-order valence-corrected chi connectivity index (χ1v) is 7.56. The van der Waals surface area contributed by atoms with Crippen molar-refractivity contribution in [1.29, 1.82) is 0 Å². The van der Waals surface area contributed by atoms with Crippen LogP contribution >= 0.6 is 0 Å². The predicted molar refractivity (Wildman–Crippen MR) is 86.1 cm³/mol. The average Bonchev–Trinajstić information content (AvgIpc) is 2.96. The van der Waals surface area contributed by atoms with Crippen molar-refractivity contribution in [3.05, 3.63) is 65.7 Å². The lowest BCUT2D eigenvalue weighted by Gasteiger charge is -2.17. The zero-order chi connectivity index (χ0) is 14.5. The number of hydrogen-bond acceptors (Lipinski definition) is 3. The van der Waals surface area contributed by atoms with Crippen molar-refractivity contribution in [1.82, 2.24) is 4.90 Å². The van der Waals surface area contributed by atoms with Gasteiger partial charge in [-0.15, -0.1) is 0 Å². The molecule has 0 amide bonds. The van der Waals surface area contributed by atoms with E-state index in [1.165, 1.54) is 17.7 Å². The van der Waals surface area contributed by atoms with Gasteiger partial charge >= 0.3 is 0 Å². The van der Waals surface area contributed by atoms with Gasteiger partial charge in [-0.05, 0) is 29.7 Å². The number of nitrogens with one attached hydrogen (secondary N) is 1. The minimum atomic E-state index is 0.118. The number of anilines is 1. The first-order valence-electron chi connectivity index (χ1n) is 7.56. The predicted octanol–water partition coefficient (Wildman–Crippen LogP) is 2.87. The van der Waals surface area contributed by atoms with Crippen LogP contribution in [0, 0.1) is 0 Å². The number of para-hydroxylation sites is 1. The highest BCUT2D eigenvalue weighted by Gasteiger charge is 2.22. The maximum absolute atomic E-state index is 9.07. The van der Waals surface area contributed by atoms with Crippen LogP contribution in [0.15, 0.2) is 54.6 Å². The third kappa shape index (κ3) is 3.84. The van der Waals surface area contributed by atoms with Crippen molar-refractivity contribution in [2.75, 3.05) is 18.4 Å². The molecule has 3 nitrogen and oxygen atoms in total. The number of likely N-dealkylation sites (tertiary alicyclic amines) is 1. The molecule has 2 aromatic carbocycles. The van der Waals surface area contributed by atoms with E-state index in [4.69, 9.17) is 5.11 Å². The molecule has 1 heterocycles. The monoisotopic (exact) mass is 282 g/mol. The molecular formula is C18H22N2O. The summed E-state index contributed by atoms with van der Waals surface area (Å²) in [5.41, 5.74) is 3.49. The lowest BCUT2D eigenvalue weighted by molar-refractivity contribution is 0.281. The minimum Gasteiger partial charge on any atom is -0.392 e. The molecule has 110 valence electrons. The van der Waals surface area contributed by atoms with Gasteiger partial charge in [0.05, 0.1) is 6.61 Å². The van der Waals surface area contributed by atoms with E-state index < -0.39 is 0 Å². The Labute approximate surface area is 126 Å². The van der Waals surface area contributed by atoms with Gasteiger partial charge in [-0.1, -0.05) is 42.5 Å². The first-order chi connectivity index (χ1) is 10.3. The molecule has 0 aromatic heterocycles. The summed E-state index contributed by atoms with van der Waals surface area (Å²) in [6.07, 6.45) is 1.18. The molecule has 0 spiro atoms. The standard InChI is InChI=1S/C18H22N2O/c21-14-16-8-6-15(7-9-16)12-20-11-10-18(13-20)19-17-4-2-1-3-5-17/h1-9,18-19,21H,10-14H2. The molecule has 3 heteroatoms. The van der Waals surface area contributed by atoms with E-state index in [9.17, 15) is 0 Å². The van der Waals surface area contributed by atoms with Gasteiger partial charge in [0.15, 0.2) is 0 Å². The topological polar surface area (TPSA) is 35.5 Å². The summed E-state index contributed by atoms with van der Waals surface area (Å²) in [5, 5.41) is 12.7. The van der Waals surface area contributed by atoms with Gasteiger partial charge in [0, 0.05) is 31.4 Å². The number of aliphatic hydroxyl groups is 1. The molecule has 1 aliphatic heterocycles. The maximum Gasteiger partial charge on any atom is 0.0681 e. The normalized spacial score (nSPS) is 18.8. The molecule has 1 unspecified atom stereocenters. The average molecular weight is 282 g/mol. The van der Waals surface area contributed by atoms with Crippen molar-refractivity contribution in [2.45, 2.75) is 25.6 Å². The second kappa shape index (κ2) is 6.74. The number of nitrogens with zero attached hydrogens (tertiary/aromatic N) is 1. The molecule has 1 aliphatic rings. The molecular weight excluding hydrogens is 260 g/mol. The number of hydrogen-bond donors (Lipinski definition) is 2. The summed E-state index contributed by atoms with van der Waals surface area (Å²) in [4.78, 5) is 2.48. The number of rotatable bonds is 5. The van der Waals surface area contributed by atoms with Gasteiger partial charge in [-0.25, -0.2) is 0 Å². The molecule has 1 atom stereocenters. The van der Waals surface area contributed by atoms with Gasteiger partial charge in [0.1, 0.15) is 0 Å². The quantitative estimate of drug-likeness (QED) is 0.885. The highest BCUT2D eigenvalue weighted by Crippen LogP contribution is 2.18.